The Morgan fingerprint density at radius 2 is 1.73 bits per heavy atom. The van der Waals surface area contributed by atoms with Crippen LogP contribution in [0.2, 0.25) is 0 Å². The Morgan fingerprint density at radius 1 is 1.04 bits per heavy atom. The van der Waals surface area contributed by atoms with Crippen molar-refractivity contribution in [2.24, 2.45) is 0 Å². The molecule has 0 bridgehead atoms. The number of carbonyl (C=O) groups excluding carboxylic acids is 2. The van der Waals surface area contributed by atoms with Crippen LogP contribution >= 0.6 is 0 Å². The van der Waals surface area contributed by atoms with Crippen LogP contribution in [0.3, 0.4) is 0 Å². The van der Waals surface area contributed by atoms with Crippen LogP contribution in [-0.4, -0.2) is 64.3 Å². The number of carbonyl (C=O) groups is 2. The third-order valence-corrected chi connectivity index (χ3v) is 4.43. The molecule has 7 heteroatoms. The summed E-state index contributed by atoms with van der Waals surface area (Å²) in [4.78, 5) is 36.0. The molecule has 1 N–H and O–H groups in total. The molecule has 1 aliphatic rings. The highest BCUT2D eigenvalue weighted by molar-refractivity contribution is 5.92. The zero-order valence-corrected chi connectivity index (χ0v) is 14.9. The fraction of sp³-hybridized carbons (Fsp3) is 0.368. The van der Waals surface area contributed by atoms with Gasteiger partial charge in [0.05, 0.1) is 0 Å². The maximum absolute atomic E-state index is 12.6. The largest absolute Gasteiger partial charge is 0.354 e. The van der Waals surface area contributed by atoms with Gasteiger partial charge in [-0.2, -0.15) is 0 Å². The quantitative estimate of drug-likeness (QED) is 0.880. The van der Waals surface area contributed by atoms with Crippen molar-refractivity contribution in [2.75, 3.05) is 38.0 Å². The maximum Gasteiger partial charge on any atom is 0.272 e. The van der Waals surface area contributed by atoms with E-state index in [1.807, 2.05) is 18.2 Å². The fourth-order valence-electron chi connectivity index (χ4n) is 2.91. The van der Waals surface area contributed by atoms with E-state index in [-0.39, 0.29) is 11.8 Å². The molecular weight excluding hydrogens is 330 g/mol. The number of aromatic nitrogens is 2. The van der Waals surface area contributed by atoms with E-state index >= 15 is 0 Å². The molecule has 0 atom stereocenters. The molecule has 0 aliphatic carbocycles. The minimum atomic E-state index is -0.123. The molecule has 3 rings (SSSR count). The first-order chi connectivity index (χ1) is 12.6. The Hall–Kier alpha value is -2.96. The number of benzene rings is 1. The molecule has 0 radical (unpaired) electrons. The van der Waals surface area contributed by atoms with Crippen LogP contribution in [0.5, 0.6) is 0 Å². The van der Waals surface area contributed by atoms with Gasteiger partial charge in [-0.1, -0.05) is 30.3 Å². The Labute approximate surface area is 153 Å². The fourth-order valence-corrected chi connectivity index (χ4v) is 2.91. The van der Waals surface area contributed by atoms with Crippen LogP contribution < -0.4 is 5.32 Å². The van der Waals surface area contributed by atoms with E-state index in [2.05, 4.69) is 27.4 Å². The lowest BCUT2D eigenvalue weighted by molar-refractivity contribution is -0.130. The van der Waals surface area contributed by atoms with E-state index in [9.17, 15) is 9.59 Å². The minimum absolute atomic E-state index is 0.0454. The molecule has 2 aromatic rings. The Bertz CT molecular complexity index is 758. The van der Waals surface area contributed by atoms with Gasteiger partial charge in [0.1, 0.15) is 5.69 Å². The number of piperazine rings is 1. The van der Waals surface area contributed by atoms with Gasteiger partial charge >= 0.3 is 0 Å². The normalized spacial score (nSPS) is 14.2. The number of nitrogens with one attached hydrogen (secondary N) is 1. The van der Waals surface area contributed by atoms with Crippen molar-refractivity contribution in [3.05, 3.63) is 53.9 Å². The van der Waals surface area contributed by atoms with E-state index in [1.165, 1.54) is 5.56 Å². The predicted octanol–water partition coefficient (Wildman–Crippen LogP) is 1.44. The standard InChI is InChI=1S/C19H23N5O2/c1-15(25)23-11-13-24(14-12-23)18(26)17-8-10-21-19(22-17)20-9-7-16-5-3-2-4-6-16/h2-6,8,10H,7,9,11-14H2,1H3,(H,20,21,22). The molecule has 1 fully saturated rings. The Balaban J connectivity index is 1.55. The van der Waals surface area contributed by atoms with Crippen molar-refractivity contribution < 1.29 is 9.59 Å². The number of rotatable bonds is 5. The van der Waals surface area contributed by atoms with Gasteiger partial charge in [-0.3, -0.25) is 9.59 Å². The summed E-state index contributed by atoms with van der Waals surface area (Å²) in [7, 11) is 0. The SMILES string of the molecule is CC(=O)N1CCN(C(=O)c2ccnc(NCCc3ccccc3)n2)CC1. The zero-order valence-electron chi connectivity index (χ0n) is 14.9. The molecule has 0 unspecified atom stereocenters. The van der Waals surface area contributed by atoms with Crippen LogP contribution in [0.4, 0.5) is 5.95 Å². The summed E-state index contributed by atoms with van der Waals surface area (Å²) in [5, 5.41) is 3.17. The lowest BCUT2D eigenvalue weighted by Crippen LogP contribution is -2.50. The van der Waals surface area contributed by atoms with Crippen molar-refractivity contribution in [1.29, 1.82) is 0 Å². The van der Waals surface area contributed by atoms with Gasteiger partial charge in [0, 0.05) is 45.8 Å². The second kappa shape index (κ2) is 8.42. The van der Waals surface area contributed by atoms with E-state index < -0.39 is 0 Å². The third-order valence-electron chi connectivity index (χ3n) is 4.43. The van der Waals surface area contributed by atoms with Gasteiger partial charge in [-0.05, 0) is 18.1 Å². The number of nitrogens with zero attached hydrogens (tertiary/aromatic N) is 4. The van der Waals surface area contributed by atoms with Crippen molar-refractivity contribution in [3.8, 4) is 0 Å². The number of hydrogen-bond donors (Lipinski definition) is 1. The van der Waals surface area contributed by atoms with Gasteiger partial charge in [0.15, 0.2) is 0 Å². The molecule has 2 amide bonds. The summed E-state index contributed by atoms with van der Waals surface area (Å²) < 4.78 is 0. The maximum atomic E-state index is 12.6. The van der Waals surface area contributed by atoms with Crippen LogP contribution in [0.15, 0.2) is 42.6 Å². The first kappa shape index (κ1) is 17.8. The summed E-state index contributed by atoms with van der Waals surface area (Å²) in [5.74, 6) is 0.375. The average Bonchev–Trinajstić information content (AvgIpc) is 2.68. The molecule has 1 aromatic heterocycles. The lowest BCUT2D eigenvalue weighted by atomic mass is 10.1. The van der Waals surface area contributed by atoms with Crippen molar-refractivity contribution in [3.63, 3.8) is 0 Å². The van der Waals surface area contributed by atoms with Crippen LogP contribution in [-0.2, 0) is 11.2 Å². The van der Waals surface area contributed by atoms with E-state index in [0.29, 0.717) is 44.4 Å². The Morgan fingerprint density at radius 3 is 2.42 bits per heavy atom. The van der Waals surface area contributed by atoms with Crippen LogP contribution in [0.1, 0.15) is 23.0 Å². The topological polar surface area (TPSA) is 78.4 Å². The lowest BCUT2D eigenvalue weighted by Gasteiger charge is -2.34. The van der Waals surface area contributed by atoms with Crippen LogP contribution in [0.25, 0.3) is 0 Å². The zero-order chi connectivity index (χ0) is 18.4. The molecular formula is C19H23N5O2. The van der Waals surface area contributed by atoms with Crippen molar-refractivity contribution >= 4 is 17.8 Å². The summed E-state index contributed by atoms with van der Waals surface area (Å²) in [6.07, 6.45) is 2.45. The molecule has 1 saturated heterocycles. The van der Waals surface area contributed by atoms with Crippen molar-refractivity contribution in [1.82, 2.24) is 19.8 Å². The van der Waals surface area contributed by atoms with E-state index in [4.69, 9.17) is 0 Å². The first-order valence-electron chi connectivity index (χ1n) is 8.79. The van der Waals surface area contributed by atoms with Gasteiger partial charge in [-0.15, -0.1) is 0 Å². The monoisotopic (exact) mass is 353 g/mol. The van der Waals surface area contributed by atoms with Gasteiger partial charge in [-0.25, -0.2) is 9.97 Å². The molecule has 26 heavy (non-hydrogen) atoms. The minimum Gasteiger partial charge on any atom is -0.354 e. The number of hydrogen-bond acceptors (Lipinski definition) is 5. The summed E-state index contributed by atoms with van der Waals surface area (Å²) >= 11 is 0. The van der Waals surface area contributed by atoms with E-state index in [1.54, 1.807) is 29.0 Å². The molecule has 7 nitrogen and oxygen atoms in total. The molecule has 2 heterocycles. The molecule has 0 saturated carbocycles. The van der Waals surface area contributed by atoms with Gasteiger partial charge in [0.2, 0.25) is 11.9 Å². The summed E-state index contributed by atoms with van der Waals surface area (Å²) in [6.45, 7) is 4.43. The molecule has 1 aliphatic heterocycles. The van der Waals surface area contributed by atoms with Gasteiger partial charge in [0.25, 0.3) is 5.91 Å². The summed E-state index contributed by atoms with van der Waals surface area (Å²) in [5.41, 5.74) is 1.61. The van der Waals surface area contributed by atoms with Gasteiger partial charge < -0.3 is 15.1 Å². The van der Waals surface area contributed by atoms with E-state index in [0.717, 1.165) is 6.42 Å². The smallest absolute Gasteiger partial charge is 0.272 e. The second-order valence-electron chi connectivity index (χ2n) is 6.23. The molecule has 1 aromatic carbocycles. The number of anilines is 1. The Kier molecular flexibility index (Phi) is 5.78. The second-order valence-corrected chi connectivity index (χ2v) is 6.23. The third kappa shape index (κ3) is 4.56. The number of amides is 2. The molecule has 0 spiro atoms. The average molecular weight is 353 g/mol. The summed E-state index contributed by atoms with van der Waals surface area (Å²) in [6, 6.07) is 11.8. The highest BCUT2D eigenvalue weighted by Gasteiger charge is 2.24. The highest BCUT2D eigenvalue weighted by atomic mass is 16.2. The molecule has 136 valence electrons. The highest BCUT2D eigenvalue weighted by Crippen LogP contribution is 2.09. The van der Waals surface area contributed by atoms with Crippen LogP contribution in [0, 0.1) is 0 Å². The predicted molar refractivity (Wildman–Crippen MR) is 98.8 cm³/mol. The van der Waals surface area contributed by atoms with Crippen molar-refractivity contribution in [2.45, 2.75) is 13.3 Å². The first-order valence-corrected chi connectivity index (χ1v) is 8.79.